The van der Waals surface area contributed by atoms with E-state index in [9.17, 15) is 0 Å². The van der Waals surface area contributed by atoms with E-state index in [2.05, 4.69) is 37.1 Å². The Labute approximate surface area is 102 Å². The normalized spacial score (nSPS) is 10.7. The second-order valence-corrected chi connectivity index (χ2v) is 4.40. The third-order valence-corrected chi connectivity index (χ3v) is 2.85. The fourth-order valence-electron chi connectivity index (χ4n) is 1.86. The Morgan fingerprint density at radius 1 is 1.29 bits per heavy atom. The van der Waals surface area contributed by atoms with Gasteiger partial charge in [-0.05, 0) is 19.4 Å². The number of anilines is 1. The van der Waals surface area contributed by atoms with Gasteiger partial charge in [-0.25, -0.2) is 4.68 Å². The molecule has 0 spiro atoms. The summed E-state index contributed by atoms with van der Waals surface area (Å²) in [5.74, 6) is 0.745. The Hall–Kier alpha value is -1.77. The maximum atomic E-state index is 5.96. The van der Waals surface area contributed by atoms with Gasteiger partial charge in [-0.2, -0.15) is 5.10 Å². The molecule has 1 aromatic carbocycles. The van der Waals surface area contributed by atoms with Crippen molar-refractivity contribution in [1.82, 2.24) is 9.78 Å². The third-order valence-electron chi connectivity index (χ3n) is 2.85. The van der Waals surface area contributed by atoms with Crippen LogP contribution in [0.15, 0.2) is 30.3 Å². The molecule has 3 heteroatoms. The molecule has 0 radical (unpaired) electrons. The summed E-state index contributed by atoms with van der Waals surface area (Å²) >= 11 is 0. The van der Waals surface area contributed by atoms with Crippen LogP contribution in [0.4, 0.5) is 5.82 Å². The lowest BCUT2D eigenvalue weighted by Crippen LogP contribution is -2.04. The number of benzene rings is 1. The predicted molar refractivity (Wildman–Crippen MR) is 71.7 cm³/mol. The first-order chi connectivity index (χ1) is 8.20. The monoisotopic (exact) mass is 229 g/mol. The number of aromatic nitrogens is 2. The van der Waals surface area contributed by atoms with Crippen LogP contribution in [0.3, 0.4) is 0 Å². The van der Waals surface area contributed by atoms with Crippen LogP contribution in [-0.2, 0) is 6.54 Å². The molecule has 0 fully saturated rings. The summed E-state index contributed by atoms with van der Waals surface area (Å²) in [4.78, 5) is 0. The first kappa shape index (κ1) is 11.7. The summed E-state index contributed by atoms with van der Waals surface area (Å²) in [6.07, 6.45) is 2.26. The Bertz CT molecular complexity index is 500. The molecule has 0 unspecified atom stereocenters. The van der Waals surface area contributed by atoms with E-state index < -0.39 is 0 Å². The Morgan fingerprint density at radius 2 is 2.12 bits per heavy atom. The lowest BCUT2D eigenvalue weighted by atomic mass is 10.1. The molecule has 90 valence electrons. The van der Waals surface area contributed by atoms with Crippen molar-refractivity contribution >= 4 is 5.82 Å². The lowest BCUT2D eigenvalue weighted by Gasteiger charge is -2.01. The van der Waals surface area contributed by atoms with Crippen molar-refractivity contribution in [2.24, 2.45) is 0 Å². The number of nitrogens with two attached hydrogens (primary N) is 1. The molecule has 0 atom stereocenters. The van der Waals surface area contributed by atoms with Crippen molar-refractivity contribution in [2.75, 3.05) is 5.73 Å². The number of nitrogen functional groups attached to an aromatic ring is 1. The number of hydrogen-bond acceptors (Lipinski definition) is 2. The third kappa shape index (κ3) is 2.67. The molecule has 2 aromatic rings. The predicted octanol–water partition coefficient (Wildman–Crippen LogP) is 3.24. The van der Waals surface area contributed by atoms with Crippen molar-refractivity contribution < 1.29 is 0 Å². The summed E-state index contributed by atoms with van der Waals surface area (Å²) in [6, 6.07) is 10.3. The molecule has 17 heavy (non-hydrogen) atoms. The van der Waals surface area contributed by atoms with Crippen molar-refractivity contribution in [2.45, 2.75) is 33.2 Å². The largest absolute Gasteiger partial charge is 0.384 e. The van der Waals surface area contributed by atoms with E-state index >= 15 is 0 Å². The number of rotatable bonds is 4. The minimum absolute atomic E-state index is 0.745. The Balaban J connectivity index is 2.28. The highest BCUT2D eigenvalue weighted by atomic mass is 15.3. The van der Waals surface area contributed by atoms with Crippen molar-refractivity contribution in [1.29, 1.82) is 0 Å². The lowest BCUT2D eigenvalue weighted by molar-refractivity contribution is 0.580. The highest BCUT2D eigenvalue weighted by molar-refractivity contribution is 5.62. The van der Waals surface area contributed by atoms with Gasteiger partial charge in [0.25, 0.3) is 0 Å². The van der Waals surface area contributed by atoms with E-state index in [1.807, 2.05) is 16.8 Å². The first-order valence-electron chi connectivity index (χ1n) is 6.11. The maximum Gasteiger partial charge on any atom is 0.122 e. The van der Waals surface area contributed by atoms with Crippen LogP contribution in [0, 0.1) is 6.92 Å². The summed E-state index contributed by atoms with van der Waals surface area (Å²) in [7, 11) is 0. The number of unbranched alkanes of at least 4 members (excludes halogenated alkanes) is 1. The van der Waals surface area contributed by atoms with Crippen molar-refractivity contribution in [3.05, 3.63) is 35.9 Å². The molecular weight excluding hydrogens is 210 g/mol. The van der Waals surface area contributed by atoms with Crippen LogP contribution in [-0.4, -0.2) is 9.78 Å². The van der Waals surface area contributed by atoms with E-state index in [0.29, 0.717) is 0 Å². The van der Waals surface area contributed by atoms with E-state index in [0.717, 1.165) is 36.5 Å². The molecule has 1 heterocycles. The average molecular weight is 229 g/mol. The summed E-state index contributed by atoms with van der Waals surface area (Å²) in [5.41, 5.74) is 9.29. The molecule has 0 saturated carbocycles. The molecule has 0 aliphatic carbocycles. The topological polar surface area (TPSA) is 43.8 Å². The highest BCUT2D eigenvalue weighted by Gasteiger charge is 2.06. The fraction of sp³-hybridized carbons (Fsp3) is 0.357. The van der Waals surface area contributed by atoms with Gasteiger partial charge in [0.15, 0.2) is 0 Å². The molecule has 0 aliphatic rings. The quantitative estimate of drug-likeness (QED) is 0.874. The van der Waals surface area contributed by atoms with Gasteiger partial charge >= 0.3 is 0 Å². The summed E-state index contributed by atoms with van der Waals surface area (Å²) in [5, 5.41) is 4.55. The van der Waals surface area contributed by atoms with Crippen LogP contribution in [0.25, 0.3) is 11.3 Å². The van der Waals surface area contributed by atoms with Crippen LogP contribution < -0.4 is 5.73 Å². The molecule has 0 saturated heterocycles. The zero-order valence-electron chi connectivity index (χ0n) is 10.5. The minimum Gasteiger partial charge on any atom is -0.384 e. The SMILES string of the molecule is CCCCn1nc(-c2cccc(C)c2)cc1N. The van der Waals surface area contributed by atoms with Crippen LogP contribution >= 0.6 is 0 Å². The zero-order chi connectivity index (χ0) is 12.3. The number of hydrogen-bond donors (Lipinski definition) is 1. The van der Waals surface area contributed by atoms with Crippen molar-refractivity contribution in [3.8, 4) is 11.3 Å². The molecule has 0 amide bonds. The molecule has 2 N–H and O–H groups in total. The molecule has 1 aromatic heterocycles. The smallest absolute Gasteiger partial charge is 0.122 e. The molecule has 2 rings (SSSR count). The van der Waals surface area contributed by atoms with E-state index in [1.54, 1.807) is 0 Å². The Kier molecular flexibility index (Phi) is 3.47. The van der Waals surface area contributed by atoms with Gasteiger partial charge in [0.2, 0.25) is 0 Å². The molecule has 0 bridgehead atoms. The van der Waals surface area contributed by atoms with Gasteiger partial charge in [-0.1, -0.05) is 37.1 Å². The van der Waals surface area contributed by atoms with Gasteiger partial charge in [-0.15, -0.1) is 0 Å². The Morgan fingerprint density at radius 3 is 2.82 bits per heavy atom. The van der Waals surface area contributed by atoms with E-state index in [4.69, 9.17) is 5.73 Å². The van der Waals surface area contributed by atoms with E-state index in [-0.39, 0.29) is 0 Å². The highest BCUT2D eigenvalue weighted by Crippen LogP contribution is 2.21. The van der Waals surface area contributed by atoms with Crippen LogP contribution in [0.2, 0.25) is 0 Å². The second-order valence-electron chi connectivity index (χ2n) is 4.40. The van der Waals surface area contributed by atoms with Crippen LogP contribution in [0.1, 0.15) is 25.3 Å². The van der Waals surface area contributed by atoms with Crippen molar-refractivity contribution in [3.63, 3.8) is 0 Å². The van der Waals surface area contributed by atoms with Gasteiger partial charge < -0.3 is 5.73 Å². The second kappa shape index (κ2) is 5.04. The molecule has 0 aliphatic heterocycles. The minimum atomic E-state index is 0.745. The molecule has 3 nitrogen and oxygen atoms in total. The number of aryl methyl sites for hydroxylation is 2. The van der Waals surface area contributed by atoms with Gasteiger partial charge in [0.1, 0.15) is 5.82 Å². The van der Waals surface area contributed by atoms with Gasteiger partial charge in [0.05, 0.1) is 5.69 Å². The summed E-state index contributed by atoms with van der Waals surface area (Å²) in [6.45, 7) is 5.15. The first-order valence-corrected chi connectivity index (χ1v) is 6.11. The van der Waals surface area contributed by atoms with E-state index in [1.165, 1.54) is 5.56 Å². The molecular formula is C14H19N3. The number of nitrogens with zero attached hydrogens (tertiary/aromatic N) is 2. The average Bonchev–Trinajstić information content (AvgIpc) is 2.68. The van der Waals surface area contributed by atoms with Crippen LogP contribution in [0.5, 0.6) is 0 Å². The maximum absolute atomic E-state index is 5.96. The van der Waals surface area contributed by atoms with Gasteiger partial charge in [0, 0.05) is 18.2 Å². The standard InChI is InChI=1S/C14H19N3/c1-3-4-8-17-14(15)10-13(16-17)12-7-5-6-11(2)9-12/h5-7,9-10H,3-4,8,15H2,1-2H3. The fourth-order valence-corrected chi connectivity index (χ4v) is 1.86. The zero-order valence-corrected chi connectivity index (χ0v) is 10.5. The van der Waals surface area contributed by atoms with Gasteiger partial charge in [-0.3, -0.25) is 0 Å². The summed E-state index contributed by atoms with van der Waals surface area (Å²) < 4.78 is 1.89.